The summed E-state index contributed by atoms with van der Waals surface area (Å²) in [4.78, 5) is 7.76. The van der Waals surface area contributed by atoms with Crippen molar-refractivity contribution >= 4 is 5.95 Å². The van der Waals surface area contributed by atoms with E-state index in [1.54, 1.807) is 0 Å². The Morgan fingerprint density at radius 3 is 2.70 bits per heavy atom. The highest BCUT2D eigenvalue weighted by atomic mass is 19.4. The quantitative estimate of drug-likeness (QED) is 0.877. The van der Waals surface area contributed by atoms with E-state index in [4.69, 9.17) is 9.47 Å². The molecular weight excluding hydrogens is 313 g/mol. The maximum atomic E-state index is 13.1. The van der Waals surface area contributed by atoms with E-state index in [9.17, 15) is 13.2 Å². The molecule has 0 aromatic carbocycles. The molecule has 0 radical (unpaired) electrons. The maximum Gasteiger partial charge on any atom is 0.423 e. The van der Waals surface area contributed by atoms with Crippen LogP contribution in [0.3, 0.4) is 0 Å². The molecule has 0 saturated carbocycles. The summed E-state index contributed by atoms with van der Waals surface area (Å²) in [6, 6.07) is 0.149. The molecule has 0 spiro atoms. The molecule has 1 aromatic rings. The van der Waals surface area contributed by atoms with Gasteiger partial charge in [-0.05, 0) is 25.9 Å². The molecular formula is C14H19F3N4O2. The van der Waals surface area contributed by atoms with Crippen molar-refractivity contribution in [1.82, 2.24) is 15.3 Å². The van der Waals surface area contributed by atoms with Gasteiger partial charge in [0, 0.05) is 18.7 Å². The summed E-state index contributed by atoms with van der Waals surface area (Å²) in [5.41, 5.74) is -0.958. The van der Waals surface area contributed by atoms with Gasteiger partial charge in [-0.25, -0.2) is 4.98 Å². The van der Waals surface area contributed by atoms with E-state index in [0.29, 0.717) is 13.0 Å². The van der Waals surface area contributed by atoms with Crippen molar-refractivity contribution in [3.05, 3.63) is 11.8 Å². The van der Waals surface area contributed by atoms with Gasteiger partial charge in [0.25, 0.3) is 0 Å². The zero-order chi connectivity index (χ0) is 16.3. The van der Waals surface area contributed by atoms with Crippen LogP contribution in [0.4, 0.5) is 19.1 Å². The average molecular weight is 332 g/mol. The predicted molar refractivity (Wildman–Crippen MR) is 76.4 cm³/mol. The van der Waals surface area contributed by atoms with Crippen LogP contribution in [0.2, 0.25) is 0 Å². The van der Waals surface area contributed by atoms with Gasteiger partial charge < -0.3 is 20.1 Å². The van der Waals surface area contributed by atoms with Gasteiger partial charge in [0.05, 0.1) is 13.2 Å². The van der Waals surface area contributed by atoms with Gasteiger partial charge in [0.1, 0.15) is 11.7 Å². The Kier molecular flexibility index (Phi) is 4.86. The van der Waals surface area contributed by atoms with Gasteiger partial charge in [0.15, 0.2) is 0 Å². The second-order valence-electron chi connectivity index (χ2n) is 5.68. The van der Waals surface area contributed by atoms with Crippen molar-refractivity contribution in [3.63, 3.8) is 0 Å². The van der Waals surface area contributed by atoms with Crippen molar-refractivity contribution in [2.24, 2.45) is 0 Å². The summed E-state index contributed by atoms with van der Waals surface area (Å²) in [5, 5.41) is 6.30. The Bertz CT molecular complexity index is 529. The third-order valence-corrected chi connectivity index (χ3v) is 3.90. The van der Waals surface area contributed by atoms with Crippen molar-refractivity contribution in [3.8, 4) is 5.88 Å². The fraction of sp³-hybridized carbons (Fsp3) is 0.714. The molecule has 0 unspecified atom stereocenters. The highest BCUT2D eigenvalue weighted by Crippen LogP contribution is 2.36. The van der Waals surface area contributed by atoms with Gasteiger partial charge in [-0.3, -0.25) is 0 Å². The minimum atomic E-state index is -4.55. The summed E-state index contributed by atoms with van der Waals surface area (Å²) in [7, 11) is 0. The van der Waals surface area contributed by atoms with Crippen LogP contribution >= 0.6 is 0 Å². The van der Waals surface area contributed by atoms with Crippen LogP contribution in [0, 0.1) is 0 Å². The van der Waals surface area contributed by atoms with E-state index in [0.717, 1.165) is 32.1 Å². The molecule has 2 aliphatic heterocycles. The third kappa shape index (κ3) is 4.23. The van der Waals surface area contributed by atoms with Crippen molar-refractivity contribution in [2.75, 3.05) is 31.6 Å². The van der Waals surface area contributed by atoms with Crippen LogP contribution in [0.15, 0.2) is 6.20 Å². The first kappa shape index (κ1) is 16.3. The summed E-state index contributed by atoms with van der Waals surface area (Å²) in [6.07, 6.45) is -1.88. The van der Waals surface area contributed by atoms with E-state index < -0.39 is 23.7 Å². The molecule has 0 aliphatic carbocycles. The number of rotatable bonds is 4. The number of hydrogen-bond acceptors (Lipinski definition) is 6. The summed E-state index contributed by atoms with van der Waals surface area (Å²) in [5.74, 6) is -0.266. The lowest BCUT2D eigenvalue weighted by molar-refractivity contribution is -0.139. The number of halogens is 3. The van der Waals surface area contributed by atoms with E-state index in [-0.39, 0.29) is 18.6 Å². The lowest BCUT2D eigenvalue weighted by Crippen LogP contribution is -2.35. The molecule has 0 bridgehead atoms. The Labute approximate surface area is 131 Å². The van der Waals surface area contributed by atoms with Crippen molar-refractivity contribution in [1.29, 1.82) is 0 Å². The van der Waals surface area contributed by atoms with E-state index in [1.165, 1.54) is 0 Å². The van der Waals surface area contributed by atoms with Gasteiger partial charge in [-0.2, -0.15) is 18.2 Å². The van der Waals surface area contributed by atoms with E-state index in [1.807, 2.05) is 0 Å². The second kappa shape index (κ2) is 6.88. The van der Waals surface area contributed by atoms with Crippen LogP contribution in [-0.2, 0) is 10.9 Å². The SMILES string of the molecule is FC(F)(F)c1cnc(NC2CCNCC2)nc1O[C@H]1CCOC1. The van der Waals surface area contributed by atoms with E-state index >= 15 is 0 Å². The lowest BCUT2D eigenvalue weighted by Gasteiger charge is -2.24. The molecule has 128 valence electrons. The van der Waals surface area contributed by atoms with Crippen LogP contribution in [0.5, 0.6) is 5.88 Å². The first-order chi connectivity index (χ1) is 11.0. The molecule has 2 aliphatic rings. The molecule has 9 heteroatoms. The van der Waals surface area contributed by atoms with Crippen LogP contribution in [0.25, 0.3) is 0 Å². The highest BCUT2D eigenvalue weighted by Gasteiger charge is 2.37. The number of nitrogens with one attached hydrogen (secondary N) is 2. The number of ether oxygens (including phenoxy) is 2. The van der Waals surface area contributed by atoms with Crippen LogP contribution in [-0.4, -0.2) is 48.4 Å². The maximum absolute atomic E-state index is 13.1. The molecule has 6 nitrogen and oxygen atoms in total. The first-order valence-corrected chi connectivity index (χ1v) is 7.68. The Morgan fingerprint density at radius 2 is 2.04 bits per heavy atom. The number of aromatic nitrogens is 2. The molecule has 3 heterocycles. The van der Waals surface area contributed by atoms with Gasteiger partial charge in [-0.15, -0.1) is 0 Å². The number of anilines is 1. The largest absolute Gasteiger partial charge is 0.471 e. The first-order valence-electron chi connectivity index (χ1n) is 7.68. The molecule has 23 heavy (non-hydrogen) atoms. The van der Waals surface area contributed by atoms with Crippen LogP contribution < -0.4 is 15.4 Å². The van der Waals surface area contributed by atoms with Gasteiger partial charge >= 0.3 is 6.18 Å². The molecule has 2 saturated heterocycles. The zero-order valence-corrected chi connectivity index (χ0v) is 12.5. The number of nitrogens with zero attached hydrogens (tertiary/aromatic N) is 2. The standard InChI is InChI=1S/C14H19F3N4O2/c15-14(16,17)11-7-19-13(20-9-1-4-18-5-2-9)21-12(11)23-10-3-6-22-8-10/h7,9-10,18H,1-6,8H2,(H,19,20,21)/t10-/m0/s1. The monoisotopic (exact) mass is 332 g/mol. The lowest BCUT2D eigenvalue weighted by atomic mass is 10.1. The predicted octanol–water partition coefficient (Wildman–Crippen LogP) is 1.83. The van der Waals surface area contributed by atoms with Crippen molar-refractivity contribution < 1.29 is 22.6 Å². The van der Waals surface area contributed by atoms with Crippen molar-refractivity contribution in [2.45, 2.75) is 37.6 Å². The zero-order valence-electron chi connectivity index (χ0n) is 12.5. The molecule has 0 amide bonds. The second-order valence-corrected chi connectivity index (χ2v) is 5.68. The fourth-order valence-corrected chi connectivity index (χ4v) is 2.63. The number of alkyl halides is 3. The third-order valence-electron chi connectivity index (χ3n) is 3.90. The number of hydrogen-bond donors (Lipinski definition) is 2. The fourth-order valence-electron chi connectivity index (χ4n) is 2.63. The normalized spacial score (nSPS) is 23.0. The smallest absolute Gasteiger partial charge is 0.423 e. The number of piperidine rings is 1. The molecule has 1 aromatic heterocycles. The minimum absolute atomic E-state index is 0.149. The Balaban J connectivity index is 1.78. The minimum Gasteiger partial charge on any atom is -0.471 e. The summed E-state index contributed by atoms with van der Waals surface area (Å²) < 4.78 is 49.8. The summed E-state index contributed by atoms with van der Waals surface area (Å²) in [6.45, 7) is 2.48. The van der Waals surface area contributed by atoms with Crippen LogP contribution in [0.1, 0.15) is 24.8 Å². The summed E-state index contributed by atoms with van der Waals surface area (Å²) >= 11 is 0. The van der Waals surface area contributed by atoms with Gasteiger partial charge in [-0.1, -0.05) is 0 Å². The Morgan fingerprint density at radius 1 is 1.26 bits per heavy atom. The Hall–Kier alpha value is -1.61. The highest BCUT2D eigenvalue weighted by molar-refractivity contribution is 5.36. The molecule has 2 fully saturated rings. The molecule has 3 rings (SSSR count). The molecule has 1 atom stereocenters. The molecule has 2 N–H and O–H groups in total. The van der Waals surface area contributed by atoms with E-state index in [2.05, 4.69) is 20.6 Å². The van der Waals surface area contributed by atoms with Gasteiger partial charge in [0.2, 0.25) is 11.8 Å². The topological polar surface area (TPSA) is 68.3 Å². The average Bonchev–Trinajstić information content (AvgIpc) is 3.00.